The normalized spacial score (nSPS) is 14.5. The third kappa shape index (κ3) is 4.91. The lowest BCUT2D eigenvalue weighted by Crippen LogP contribution is -2.50. The van der Waals surface area contributed by atoms with Gasteiger partial charge in [-0.2, -0.15) is 0 Å². The number of hydrogen-bond acceptors (Lipinski definition) is 5. The molecule has 6 nitrogen and oxygen atoms in total. The molecule has 0 atom stereocenters. The standard InChI is InChI=1S/C21H24FN3O3/c1-21(2,3)28-20(27)25-12-16(13-25)14-9-15(11-23-10-14)19(26)7-6-18-17(22)5-4-8-24-18/h4-5,8-11,16H,6-7,12-13H2,1-3H3. The smallest absolute Gasteiger partial charge is 0.410 e. The lowest BCUT2D eigenvalue weighted by atomic mass is 9.91. The molecule has 1 aliphatic rings. The first-order chi connectivity index (χ1) is 13.2. The third-order valence-electron chi connectivity index (χ3n) is 4.51. The molecular weight excluding hydrogens is 361 g/mol. The Kier molecular flexibility index (Phi) is 5.72. The number of aromatic nitrogens is 2. The minimum Gasteiger partial charge on any atom is -0.444 e. The molecule has 2 aromatic heterocycles. The van der Waals surface area contributed by atoms with Crippen molar-refractivity contribution in [2.75, 3.05) is 13.1 Å². The SMILES string of the molecule is CC(C)(C)OC(=O)N1CC(c2cncc(C(=O)CCc3ncccc3F)c2)C1. The van der Waals surface area contributed by atoms with Crippen LogP contribution in [0.25, 0.3) is 0 Å². The predicted molar refractivity (Wildman–Crippen MR) is 102 cm³/mol. The Bertz CT molecular complexity index is 873. The van der Waals surface area contributed by atoms with E-state index in [2.05, 4.69) is 9.97 Å². The number of amides is 1. The van der Waals surface area contributed by atoms with Gasteiger partial charge < -0.3 is 9.64 Å². The fourth-order valence-corrected chi connectivity index (χ4v) is 2.98. The van der Waals surface area contributed by atoms with Gasteiger partial charge in [0.15, 0.2) is 5.78 Å². The van der Waals surface area contributed by atoms with Crippen molar-refractivity contribution in [2.24, 2.45) is 0 Å². The van der Waals surface area contributed by atoms with Crippen molar-refractivity contribution in [3.05, 3.63) is 59.4 Å². The summed E-state index contributed by atoms with van der Waals surface area (Å²) in [4.78, 5) is 34.3. The maximum absolute atomic E-state index is 13.6. The molecule has 1 aliphatic heterocycles. The average Bonchev–Trinajstić information content (AvgIpc) is 2.58. The molecule has 1 amide bonds. The number of ether oxygens (including phenoxy) is 1. The second-order valence-electron chi connectivity index (χ2n) is 7.94. The number of Topliss-reactive ketones (excluding diaryl/α,β-unsaturated/α-hetero) is 1. The number of halogens is 1. The molecule has 0 saturated carbocycles. The molecule has 3 rings (SSSR count). The Morgan fingerprint density at radius 3 is 2.71 bits per heavy atom. The number of hydrogen-bond donors (Lipinski definition) is 0. The average molecular weight is 385 g/mol. The van der Waals surface area contributed by atoms with Gasteiger partial charge in [-0.3, -0.25) is 14.8 Å². The summed E-state index contributed by atoms with van der Waals surface area (Å²) in [6.45, 7) is 6.56. The number of aryl methyl sites for hydroxylation is 1. The van der Waals surface area contributed by atoms with E-state index >= 15 is 0 Å². The first-order valence-corrected chi connectivity index (χ1v) is 9.28. The second-order valence-corrected chi connectivity index (χ2v) is 7.94. The highest BCUT2D eigenvalue weighted by Gasteiger charge is 2.34. The van der Waals surface area contributed by atoms with Gasteiger partial charge in [0.25, 0.3) is 0 Å². The van der Waals surface area contributed by atoms with Crippen LogP contribution in [0.3, 0.4) is 0 Å². The molecular formula is C21H24FN3O3. The van der Waals surface area contributed by atoms with E-state index < -0.39 is 11.4 Å². The van der Waals surface area contributed by atoms with Crippen molar-refractivity contribution in [3.63, 3.8) is 0 Å². The summed E-state index contributed by atoms with van der Waals surface area (Å²) in [5.41, 5.74) is 1.16. The Labute approximate surface area is 163 Å². The zero-order valence-corrected chi connectivity index (χ0v) is 16.3. The van der Waals surface area contributed by atoms with Crippen molar-refractivity contribution in [3.8, 4) is 0 Å². The highest BCUT2D eigenvalue weighted by atomic mass is 19.1. The molecule has 28 heavy (non-hydrogen) atoms. The molecule has 0 radical (unpaired) electrons. The van der Waals surface area contributed by atoms with Crippen LogP contribution in [0.2, 0.25) is 0 Å². The summed E-state index contributed by atoms with van der Waals surface area (Å²) in [5.74, 6) is -0.386. The largest absolute Gasteiger partial charge is 0.444 e. The monoisotopic (exact) mass is 385 g/mol. The van der Waals surface area contributed by atoms with Gasteiger partial charge in [-0.05, 0) is 51.0 Å². The summed E-state index contributed by atoms with van der Waals surface area (Å²) < 4.78 is 19.0. The van der Waals surface area contributed by atoms with Gasteiger partial charge in [-0.1, -0.05) is 0 Å². The molecule has 148 valence electrons. The number of carbonyl (C=O) groups is 2. The number of likely N-dealkylation sites (tertiary alicyclic amines) is 1. The van der Waals surface area contributed by atoms with Crippen LogP contribution in [0.15, 0.2) is 36.8 Å². The molecule has 0 N–H and O–H groups in total. The van der Waals surface area contributed by atoms with Crippen LogP contribution < -0.4 is 0 Å². The van der Waals surface area contributed by atoms with Crippen molar-refractivity contribution < 1.29 is 18.7 Å². The van der Waals surface area contributed by atoms with Crippen molar-refractivity contribution in [1.82, 2.24) is 14.9 Å². The van der Waals surface area contributed by atoms with Crippen LogP contribution in [-0.4, -0.2) is 45.4 Å². The summed E-state index contributed by atoms with van der Waals surface area (Å²) in [7, 11) is 0. The molecule has 7 heteroatoms. The fraction of sp³-hybridized carbons (Fsp3) is 0.429. The summed E-state index contributed by atoms with van der Waals surface area (Å²) in [5, 5.41) is 0. The van der Waals surface area contributed by atoms with Gasteiger partial charge in [-0.25, -0.2) is 9.18 Å². The molecule has 0 aliphatic carbocycles. The molecule has 1 saturated heterocycles. The minimum atomic E-state index is -0.525. The van der Waals surface area contributed by atoms with Gasteiger partial charge in [0, 0.05) is 49.6 Å². The highest BCUT2D eigenvalue weighted by Crippen LogP contribution is 2.28. The zero-order chi connectivity index (χ0) is 20.3. The minimum absolute atomic E-state index is 0.109. The van der Waals surface area contributed by atoms with E-state index in [4.69, 9.17) is 4.74 Å². The quantitative estimate of drug-likeness (QED) is 0.733. The van der Waals surface area contributed by atoms with Crippen LogP contribution in [-0.2, 0) is 11.2 Å². The van der Waals surface area contributed by atoms with Crippen molar-refractivity contribution in [2.45, 2.75) is 45.1 Å². The lowest BCUT2D eigenvalue weighted by Gasteiger charge is -2.39. The summed E-state index contributed by atoms with van der Waals surface area (Å²) >= 11 is 0. The van der Waals surface area contributed by atoms with Gasteiger partial charge in [-0.15, -0.1) is 0 Å². The number of rotatable bonds is 5. The molecule has 3 heterocycles. The number of ketones is 1. The maximum Gasteiger partial charge on any atom is 0.410 e. The maximum atomic E-state index is 13.6. The van der Waals surface area contributed by atoms with E-state index in [1.54, 1.807) is 17.2 Å². The van der Waals surface area contributed by atoms with E-state index in [1.165, 1.54) is 24.5 Å². The molecule has 0 bridgehead atoms. The van der Waals surface area contributed by atoms with Gasteiger partial charge >= 0.3 is 6.09 Å². The first kappa shape index (κ1) is 19.9. The lowest BCUT2D eigenvalue weighted by molar-refractivity contribution is 0.00814. The Hall–Kier alpha value is -2.83. The number of nitrogens with zero attached hydrogens (tertiary/aromatic N) is 3. The number of pyridine rings is 2. The Balaban J connectivity index is 1.57. The summed E-state index contributed by atoms with van der Waals surface area (Å²) in [6.07, 6.45) is 4.82. The van der Waals surface area contributed by atoms with E-state index in [-0.39, 0.29) is 36.3 Å². The van der Waals surface area contributed by atoms with E-state index in [1.807, 2.05) is 20.8 Å². The van der Waals surface area contributed by atoms with Gasteiger partial charge in [0.1, 0.15) is 11.4 Å². The molecule has 2 aromatic rings. The Morgan fingerprint density at radius 2 is 2.04 bits per heavy atom. The second kappa shape index (κ2) is 8.04. The van der Waals surface area contributed by atoms with Crippen molar-refractivity contribution >= 4 is 11.9 Å². The molecule has 1 fully saturated rings. The van der Waals surface area contributed by atoms with Gasteiger partial charge in [0.2, 0.25) is 0 Å². The summed E-state index contributed by atoms with van der Waals surface area (Å²) in [6, 6.07) is 4.66. The van der Waals surface area contributed by atoms with E-state index in [0.29, 0.717) is 18.7 Å². The van der Waals surface area contributed by atoms with E-state index in [0.717, 1.165) is 5.56 Å². The van der Waals surface area contributed by atoms with Crippen LogP contribution in [0.5, 0.6) is 0 Å². The highest BCUT2D eigenvalue weighted by molar-refractivity contribution is 5.96. The van der Waals surface area contributed by atoms with Crippen LogP contribution in [0, 0.1) is 5.82 Å². The predicted octanol–water partition coefficient (Wildman–Crippen LogP) is 3.77. The molecule has 0 aromatic carbocycles. The van der Waals surface area contributed by atoms with Crippen LogP contribution in [0.1, 0.15) is 54.7 Å². The first-order valence-electron chi connectivity index (χ1n) is 9.28. The zero-order valence-electron chi connectivity index (χ0n) is 16.3. The number of carbonyl (C=O) groups excluding carboxylic acids is 2. The molecule has 0 unspecified atom stereocenters. The Morgan fingerprint density at radius 1 is 1.29 bits per heavy atom. The van der Waals surface area contributed by atoms with Crippen molar-refractivity contribution in [1.29, 1.82) is 0 Å². The van der Waals surface area contributed by atoms with Crippen LogP contribution in [0.4, 0.5) is 9.18 Å². The van der Waals surface area contributed by atoms with Crippen LogP contribution >= 0.6 is 0 Å². The topological polar surface area (TPSA) is 72.4 Å². The van der Waals surface area contributed by atoms with E-state index in [9.17, 15) is 14.0 Å². The molecule has 0 spiro atoms. The van der Waals surface area contributed by atoms with Gasteiger partial charge in [0.05, 0.1) is 5.69 Å². The fourth-order valence-electron chi connectivity index (χ4n) is 2.98. The third-order valence-corrected chi connectivity index (χ3v) is 4.51.